The second-order valence-corrected chi connectivity index (χ2v) is 7.10. The number of aromatic nitrogens is 4. The van der Waals surface area contributed by atoms with Crippen molar-refractivity contribution in [2.45, 2.75) is 32.8 Å². The molecule has 1 atom stereocenters. The van der Waals surface area contributed by atoms with Crippen LogP contribution in [-0.4, -0.2) is 50.2 Å². The Hall–Kier alpha value is -3.22. The van der Waals surface area contributed by atoms with Crippen LogP contribution in [0.3, 0.4) is 0 Å². The van der Waals surface area contributed by atoms with Crippen LogP contribution < -0.4 is 4.74 Å². The van der Waals surface area contributed by atoms with Gasteiger partial charge in [0.25, 0.3) is 5.91 Å². The van der Waals surface area contributed by atoms with E-state index in [4.69, 9.17) is 4.74 Å². The minimum Gasteiger partial charge on any atom is -0.458 e. The molecule has 7 heteroatoms. The average Bonchev–Trinajstić information content (AvgIpc) is 3.18. The highest BCUT2D eigenvalue weighted by Crippen LogP contribution is 2.21. The molecule has 3 aromatic rings. The molecule has 7 nitrogen and oxygen atoms in total. The smallest absolute Gasteiger partial charge is 0.317 e. The largest absolute Gasteiger partial charge is 0.458 e. The van der Waals surface area contributed by atoms with Crippen LogP contribution in [0.1, 0.15) is 34.7 Å². The number of amides is 1. The first-order chi connectivity index (χ1) is 13.6. The van der Waals surface area contributed by atoms with Gasteiger partial charge in [0, 0.05) is 23.5 Å². The van der Waals surface area contributed by atoms with Crippen molar-refractivity contribution in [3.8, 4) is 17.3 Å². The van der Waals surface area contributed by atoms with E-state index in [1.165, 1.54) is 0 Å². The van der Waals surface area contributed by atoms with E-state index in [0.29, 0.717) is 24.8 Å². The molecular formula is C21H23N5O2. The Balaban J connectivity index is 1.44. The van der Waals surface area contributed by atoms with Crippen molar-refractivity contribution in [2.24, 2.45) is 0 Å². The van der Waals surface area contributed by atoms with Crippen LogP contribution in [-0.2, 0) is 0 Å². The molecule has 0 bridgehead atoms. The summed E-state index contributed by atoms with van der Waals surface area (Å²) in [6, 6.07) is 13.9. The maximum atomic E-state index is 12.9. The van der Waals surface area contributed by atoms with E-state index in [1.54, 1.807) is 11.0 Å². The Kier molecular flexibility index (Phi) is 5.06. The maximum Gasteiger partial charge on any atom is 0.317 e. The van der Waals surface area contributed by atoms with E-state index < -0.39 is 0 Å². The van der Waals surface area contributed by atoms with Gasteiger partial charge in [0.15, 0.2) is 0 Å². The number of hydrogen-bond acceptors (Lipinski definition) is 5. The fourth-order valence-electron chi connectivity index (χ4n) is 3.47. The number of H-pyrrole nitrogens is 1. The minimum atomic E-state index is -0.115. The number of carbonyl (C=O) groups is 1. The lowest BCUT2D eigenvalue weighted by atomic mass is 10.1. The molecule has 0 saturated carbocycles. The first-order valence-corrected chi connectivity index (χ1v) is 9.47. The highest BCUT2D eigenvalue weighted by Gasteiger charge is 2.27. The van der Waals surface area contributed by atoms with Gasteiger partial charge in [-0.3, -0.25) is 9.89 Å². The van der Waals surface area contributed by atoms with Gasteiger partial charge in [0.05, 0.1) is 12.2 Å². The van der Waals surface area contributed by atoms with Gasteiger partial charge in [0.1, 0.15) is 11.8 Å². The SMILES string of the molecule is Cc1cc(C)nc(OC2CCCN(C(=O)c3cc(-c4ccccc4)n[nH]3)C2)n1. The zero-order valence-corrected chi connectivity index (χ0v) is 16.1. The number of aromatic amines is 1. The number of rotatable bonds is 4. The molecule has 1 aromatic carbocycles. The third kappa shape index (κ3) is 4.03. The number of likely N-dealkylation sites (tertiary alicyclic amines) is 1. The van der Waals surface area contributed by atoms with Gasteiger partial charge < -0.3 is 9.64 Å². The standard InChI is InChI=1S/C21H23N5O2/c1-14-11-15(2)23-21(22-14)28-17-9-6-10-26(13-17)20(27)19-12-18(24-25-19)16-7-4-3-5-8-16/h3-5,7-8,11-12,17H,6,9-10,13H2,1-2H3,(H,24,25). The molecular weight excluding hydrogens is 354 g/mol. The molecule has 1 aliphatic rings. The summed E-state index contributed by atoms with van der Waals surface area (Å²) in [7, 11) is 0. The van der Waals surface area contributed by atoms with Gasteiger partial charge in [-0.05, 0) is 38.8 Å². The molecule has 0 aliphatic carbocycles. The average molecular weight is 377 g/mol. The predicted octanol–water partition coefficient (Wildman–Crippen LogP) is 3.17. The highest BCUT2D eigenvalue weighted by atomic mass is 16.5. The molecule has 1 unspecified atom stereocenters. The quantitative estimate of drug-likeness (QED) is 0.755. The molecule has 1 saturated heterocycles. The van der Waals surface area contributed by atoms with Crippen LogP contribution in [0.25, 0.3) is 11.3 Å². The number of benzene rings is 1. The normalized spacial score (nSPS) is 16.8. The summed E-state index contributed by atoms with van der Waals surface area (Å²) in [5.74, 6) is -0.0654. The van der Waals surface area contributed by atoms with Crippen LogP contribution in [0, 0.1) is 13.8 Å². The molecule has 1 fully saturated rings. The Labute approximate surface area is 163 Å². The highest BCUT2D eigenvalue weighted by molar-refractivity contribution is 5.93. The van der Waals surface area contributed by atoms with E-state index in [-0.39, 0.29) is 12.0 Å². The molecule has 28 heavy (non-hydrogen) atoms. The summed E-state index contributed by atoms with van der Waals surface area (Å²) in [5.41, 5.74) is 3.97. The van der Waals surface area contributed by atoms with Crippen molar-refractivity contribution in [1.29, 1.82) is 0 Å². The molecule has 1 N–H and O–H groups in total. The van der Waals surface area contributed by atoms with Crippen LogP contribution >= 0.6 is 0 Å². The molecule has 2 aromatic heterocycles. The van der Waals surface area contributed by atoms with Crippen molar-refractivity contribution in [3.05, 3.63) is 59.5 Å². The van der Waals surface area contributed by atoms with E-state index in [1.807, 2.05) is 50.2 Å². The van der Waals surface area contributed by atoms with Crippen LogP contribution in [0.15, 0.2) is 42.5 Å². The zero-order valence-electron chi connectivity index (χ0n) is 16.1. The third-order valence-electron chi connectivity index (χ3n) is 4.78. The van der Waals surface area contributed by atoms with Crippen molar-refractivity contribution in [3.63, 3.8) is 0 Å². The Morgan fingerprint density at radius 3 is 2.64 bits per heavy atom. The van der Waals surface area contributed by atoms with Crippen LogP contribution in [0.4, 0.5) is 0 Å². The minimum absolute atomic E-state index is 0.0654. The summed E-state index contributed by atoms with van der Waals surface area (Å²) in [4.78, 5) is 23.4. The molecule has 4 rings (SSSR count). The number of carbonyl (C=O) groups excluding carboxylic acids is 1. The van der Waals surface area contributed by atoms with Crippen LogP contribution in [0.5, 0.6) is 6.01 Å². The summed E-state index contributed by atoms with van der Waals surface area (Å²) in [6.07, 6.45) is 1.63. The summed E-state index contributed by atoms with van der Waals surface area (Å²) in [6.45, 7) is 5.04. The monoisotopic (exact) mass is 377 g/mol. The molecule has 3 heterocycles. The Morgan fingerprint density at radius 1 is 1.14 bits per heavy atom. The lowest BCUT2D eigenvalue weighted by Gasteiger charge is -2.32. The summed E-state index contributed by atoms with van der Waals surface area (Å²) >= 11 is 0. The van der Waals surface area contributed by atoms with Gasteiger partial charge >= 0.3 is 6.01 Å². The van der Waals surface area contributed by atoms with Crippen molar-refractivity contribution in [2.75, 3.05) is 13.1 Å². The molecule has 1 amide bonds. The van der Waals surface area contributed by atoms with Gasteiger partial charge in [0.2, 0.25) is 0 Å². The van der Waals surface area contributed by atoms with Crippen LogP contribution in [0.2, 0.25) is 0 Å². The van der Waals surface area contributed by atoms with E-state index in [9.17, 15) is 4.79 Å². The number of piperidine rings is 1. The summed E-state index contributed by atoms with van der Waals surface area (Å²) in [5, 5.41) is 7.16. The van der Waals surface area contributed by atoms with Crippen molar-refractivity contribution in [1.82, 2.24) is 25.1 Å². The predicted molar refractivity (Wildman–Crippen MR) is 105 cm³/mol. The number of hydrogen-bond donors (Lipinski definition) is 1. The van der Waals surface area contributed by atoms with E-state index in [2.05, 4.69) is 20.2 Å². The van der Waals surface area contributed by atoms with Gasteiger partial charge in [-0.15, -0.1) is 0 Å². The molecule has 1 aliphatic heterocycles. The van der Waals surface area contributed by atoms with E-state index >= 15 is 0 Å². The van der Waals surface area contributed by atoms with Crippen molar-refractivity contribution >= 4 is 5.91 Å². The number of ether oxygens (including phenoxy) is 1. The third-order valence-corrected chi connectivity index (χ3v) is 4.78. The molecule has 144 valence electrons. The first kappa shape index (κ1) is 18.2. The second kappa shape index (κ2) is 7.80. The second-order valence-electron chi connectivity index (χ2n) is 7.10. The molecule has 0 spiro atoms. The number of nitrogens with one attached hydrogen (secondary N) is 1. The van der Waals surface area contributed by atoms with Gasteiger partial charge in [-0.1, -0.05) is 30.3 Å². The van der Waals surface area contributed by atoms with Gasteiger partial charge in [-0.25, -0.2) is 9.97 Å². The number of nitrogens with zero attached hydrogens (tertiary/aromatic N) is 4. The summed E-state index contributed by atoms with van der Waals surface area (Å²) < 4.78 is 5.97. The van der Waals surface area contributed by atoms with Crippen molar-refractivity contribution < 1.29 is 9.53 Å². The Bertz CT molecular complexity index is 950. The zero-order chi connectivity index (χ0) is 19.5. The van der Waals surface area contributed by atoms with Gasteiger partial charge in [-0.2, -0.15) is 5.10 Å². The lowest BCUT2D eigenvalue weighted by Crippen LogP contribution is -2.44. The number of aryl methyl sites for hydroxylation is 2. The maximum absolute atomic E-state index is 12.9. The first-order valence-electron chi connectivity index (χ1n) is 9.47. The lowest BCUT2D eigenvalue weighted by molar-refractivity contribution is 0.0510. The Morgan fingerprint density at radius 2 is 1.89 bits per heavy atom. The fraction of sp³-hybridized carbons (Fsp3) is 0.333. The van der Waals surface area contributed by atoms with E-state index in [0.717, 1.165) is 35.5 Å². The molecule has 0 radical (unpaired) electrons. The fourth-order valence-corrected chi connectivity index (χ4v) is 3.47. The topological polar surface area (TPSA) is 84.0 Å².